The maximum atomic E-state index is 15.1. The maximum Gasteiger partial charge on any atom is 0.280 e. The van der Waals surface area contributed by atoms with Crippen LogP contribution in [0.5, 0.6) is 0 Å². The number of halogens is 3. The number of benzene rings is 1. The Hall–Kier alpha value is -2.97. The number of carbonyl (C=O) groups is 1. The van der Waals surface area contributed by atoms with E-state index in [4.69, 9.17) is 23.2 Å². The van der Waals surface area contributed by atoms with Gasteiger partial charge in [-0.2, -0.15) is 0 Å². The molecule has 0 unspecified atom stereocenters. The normalized spacial score (nSPS) is 18.2. The zero-order valence-corrected chi connectivity index (χ0v) is 19.6. The van der Waals surface area contributed by atoms with Crippen LogP contribution in [-0.2, 0) is 10.3 Å². The second-order valence-corrected chi connectivity index (χ2v) is 9.04. The first kappa shape index (κ1) is 23.2. The summed E-state index contributed by atoms with van der Waals surface area (Å²) < 4.78 is 16.6. The molecule has 33 heavy (non-hydrogen) atoms. The number of rotatable bonds is 5. The minimum Gasteiger partial charge on any atom is -0.358 e. The monoisotopic (exact) mass is 489 g/mol. The van der Waals surface area contributed by atoms with E-state index >= 15 is 4.39 Å². The summed E-state index contributed by atoms with van der Waals surface area (Å²) in [5.74, 6) is -0.520. The van der Waals surface area contributed by atoms with E-state index in [9.17, 15) is 9.59 Å². The van der Waals surface area contributed by atoms with Crippen LogP contribution in [0, 0.1) is 5.82 Å². The van der Waals surface area contributed by atoms with Gasteiger partial charge in [0.05, 0.1) is 27.4 Å². The molecule has 3 aromatic rings. The summed E-state index contributed by atoms with van der Waals surface area (Å²) in [6.45, 7) is 7.74. The number of aromatic nitrogens is 3. The predicted octanol–water partition coefficient (Wildman–Crippen LogP) is 4.54. The van der Waals surface area contributed by atoms with Crippen molar-refractivity contribution in [1.82, 2.24) is 19.4 Å². The van der Waals surface area contributed by atoms with E-state index in [1.807, 2.05) is 13.8 Å². The fraction of sp³-hybridized carbons (Fsp3) is 0.304. The van der Waals surface area contributed by atoms with Crippen LogP contribution in [0.1, 0.15) is 31.9 Å². The number of likely N-dealkylation sites (tertiary alicyclic amines) is 1. The van der Waals surface area contributed by atoms with Gasteiger partial charge in [0.1, 0.15) is 11.6 Å². The molecule has 1 saturated heterocycles. The SMILES string of the molecule is C=CC(=O)N1CC[C@](Nc2ccc3ncn(C(C)C)c(=O)c3n2)(c2c(F)ccc(Cl)c2Cl)C1. The Morgan fingerprint density at radius 3 is 2.76 bits per heavy atom. The highest BCUT2D eigenvalue weighted by Crippen LogP contribution is 2.42. The van der Waals surface area contributed by atoms with Crippen molar-refractivity contribution in [1.29, 1.82) is 0 Å². The molecule has 1 aliphatic heterocycles. The topological polar surface area (TPSA) is 80.1 Å². The number of carbonyl (C=O) groups excluding carboxylic acids is 1. The highest BCUT2D eigenvalue weighted by Gasteiger charge is 2.44. The predicted molar refractivity (Wildman–Crippen MR) is 127 cm³/mol. The third-order valence-corrected chi connectivity index (χ3v) is 6.64. The molecule has 0 bridgehead atoms. The van der Waals surface area contributed by atoms with Crippen molar-refractivity contribution in [3.8, 4) is 0 Å². The van der Waals surface area contributed by atoms with Crippen LogP contribution in [0.25, 0.3) is 11.0 Å². The summed E-state index contributed by atoms with van der Waals surface area (Å²) in [6, 6.07) is 5.86. The van der Waals surface area contributed by atoms with Crippen molar-refractivity contribution in [2.75, 3.05) is 18.4 Å². The average molecular weight is 490 g/mol. The summed E-state index contributed by atoms with van der Waals surface area (Å²) in [5, 5.41) is 3.51. The molecule has 1 aliphatic rings. The molecular formula is C23H22Cl2FN5O2. The molecule has 3 heterocycles. The fourth-order valence-electron chi connectivity index (χ4n) is 4.16. The summed E-state index contributed by atoms with van der Waals surface area (Å²) in [6.07, 6.45) is 3.04. The molecule has 1 aromatic carbocycles. The third-order valence-electron chi connectivity index (χ3n) is 5.83. The van der Waals surface area contributed by atoms with Crippen LogP contribution in [0.2, 0.25) is 10.0 Å². The quantitative estimate of drug-likeness (QED) is 0.420. The summed E-state index contributed by atoms with van der Waals surface area (Å²) in [4.78, 5) is 35.6. The largest absolute Gasteiger partial charge is 0.358 e. The lowest BCUT2D eigenvalue weighted by atomic mass is 9.88. The first-order valence-corrected chi connectivity index (χ1v) is 11.1. The lowest BCUT2D eigenvalue weighted by Gasteiger charge is -2.33. The Balaban J connectivity index is 1.85. The van der Waals surface area contributed by atoms with E-state index in [0.717, 1.165) is 0 Å². The van der Waals surface area contributed by atoms with Gasteiger partial charge in [-0.3, -0.25) is 14.2 Å². The lowest BCUT2D eigenvalue weighted by Crippen LogP contribution is -2.41. The van der Waals surface area contributed by atoms with Crippen molar-refractivity contribution < 1.29 is 9.18 Å². The Labute approximate surface area is 199 Å². The summed E-state index contributed by atoms with van der Waals surface area (Å²) >= 11 is 12.7. The molecule has 0 radical (unpaired) electrons. The number of pyridine rings is 1. The molecule has 1 N–H and O–H groups in total. The van der Waals surface area contributed by atoms with Crippen LogP contribution < -0.4 is 10.9 Å². The van der Waals surface area contributed by atoms with E-state index in [1.165, 1.54) is 29.1 Å². The van der Waals surface area contributed by atoms with E-state index in [2.05, 4.69) is 21.9 Å². The molecule has 10 heteroatoms. The molecule has 172 valence electrons. The molecule has 0 spiro atoms. The third kappa shape index (κ3) is 4.09. The van der Waals surface area contributed by atoms with Gasteiger partial charge in [0.25, 0.3) is 5.56 Å². The Bertz CT molecular complexity index is 1330. The zero-order chi connectivity index (χ0) is 23.9. The van der Waals surface area contributed by atoms with Crippen LogP contribution in [0.15, 0.2) is 48.0 Å². The van der Waals surface area contributed by atoms with E-state index in [1.54, 1.807) is 17.0 Å². The van der Waals surface area contributed by atoms with Gasteiger partial charge in [0, 0.05) is 24.7 Å². The first-order chi connectivity index (χ1) is 15.7. The maximum absolute atomic E-state index is 15.1. The number of fused-ring (bicyclic) bond motifs is 1. The molecule has 1 atom stereocenters. The number of anilines is 1. The van der Waals surface area contributed by atoms with Gasteiger partial charge in [-0.25, -0.2) is 14.4 Å². The van der Waals surface area contributed by atoms with Crippen LogP contribution >= 0.6 is 23.2 Å². The molecule has 4 rings (SSSR count). The van der Waals surface area contributed by atoms with Gasteiger partial charge < -0.3 is 10.2 Å². The van der Waals surface area contributed by atoms with Gasteiger partial charge in [-0.05, 0) is 50.6 Å². The fourth-order valence-corrected chi connectivity index (χ4v) is 4.65. The number of nitrogens with one attached hydrogen (secondary N) is 1. The van der Waals surface area contributed by atoms with Gasteiger partial charge >= 0.3 is 0 Å². The van der Waals surface area contributed by atoms with E-state index in [-0.39, 0.29) is 45.2 Å². The number of nitrogens with zero attached hydrogens (tertiary/aromatic N) is 4. The average Bonchev–Trinajstić information content (AvgIpc) is 3.21. The van der Waals surface area contributed by atoms with Crippen LogP contribution in [0.4, 0.5) is 10.2 Å². The lowest BCUT2D eigenvalue weighted by molar-refractivity contribution is -0.125. The zero-order valence-electron chi connectivity index (χ0n) is 18.1. The standard InChI is InChI=1S/C23H22Cl2FN5O2/c1-4-18(32)30-10-9-23(11-30,19-15(26)6-5-14(24)20(19)25)29-17-8-7-16-21(28-17)22(33)31(12-27-16)13(2)3/h4-8,12-13H,1,9-11H2,2-3H3,(H,28,29)/t23-/m1/s1. The second-order valence-electron chi connectivity index (χ2n) is 8.25. The van der Waals surface area contributed by atoms with Crippen molar-refractivity contribution in [2.24, 2.45) is 0 Å². The number of amides is 1. The number of hydrogen-bond donors (Lipinski definition) is 1. The minimum absolute atomic E-state index is 0.0571. The number of hydrogen-bond acceptors (Lipinski definition) is 5. The Morgan fingerprint density at radius 1 is 1.30 bits per heavy atom. The highest BCUT2D eigenvalue weighted by atomic mass is 35.5. The van der Waals surface area contributed by atoms with Crippen molar-refractivity contribution in [2.45, 2.75) is 31.8 Å². The Morgan fingerprint density at radius 2 is 2.06 bits per heavy atom. The molecular weight excluding hydrogens is 468 g/mol. The molecule has 1 fully saturated rings. The highest BCUT2D eigenvalue weighted by molar-refractivity contribution is 6.42. The molecule has 0 aliphatic carbocycles. The molecule has 7 nitrogen and oxygen atoms in total. The van der Waals surface area contributed by atoms with Gasteiger partial charge in [-0.1, -0.05) is 29.8 Å². The minimum atomic E-state index is -1.12. The van der Waals surface area contributed by atoms with E-state index in [0.29, 0.717) is 24.3 Å². The van der Waals surface area contributed by atoms with Crippen molar-refractivity contribution >= 4 is 46.0 Å². The van der Waals surface area contributed by atoms with Gasteiger partial charge in [0.15, 0.2) is 5.52 Å². The first-order valence-electron chi connectivity index (χ1n) is 10.4. The molecule has 0 saturated carbocycles. The van der Waals surface area contributed by atoms with Gasteiger partial charge in [0.2, 0.25) is 5.91 Å². The van der Waals surface area contributed by atoms with Gasteiger partial charge in [-0.15, -0.1) is 0 Å². The molecule has 2 aromatic heterocycles. The summed E-state index contributed by atoms with van der Waals surface area (Å²) in [7, 11) is 0. The summed E-state index contributed by atoms with van der Waals surface area (Å²) in [5.41, 5.74) is -0.636. The van der Waals surface area contributed by atoms with Crippen LogP contribution in [-0.4, -0.2) is 38.4 Å². The van der Waals surface area contributed by atoms with E-state index < -0.39 is 11.4 Å². The second kappa shape index (κ2) is 8.76. The van der Waals surface area contributed by atoms with Crippen LogP contribution in [0.3, 0.4) is 0 Å². The molecule has 1 amide bonds. The van der Waals surface area contributed by atoms with Crippen molar-refractivity contribution in [3.63, 3.8) is 0 Å². The Kier molecular flexibility index (Phi) is 6.16. The van der Waals surface area contributed by atoms with Crippen molar-refractivity contribution in [3.05, 3.63) is 75.0 Å². The smallest absolute Gasteiger partial charge is 0.280 e.